The van der Waals surface area contributed by atoms with E-state index in [1.807, 2.05) is 24.3 Å². The first-order valence-electron chi connectivity index (χ1n) is 7.80. The predicted molar refractivity (Wildman–Crippen MR) is 93.7 cm³/mol. The summed E-state index contributed by atoms with van der Waals surface area (Å²) in [7, 11) is 0. The Morgan fingerprint density at radius 1 is 1.24 bits per heavy atom. The van der Waals surface area contributed by atoms with Gasteiger partial charge in [-0.2, -0.15) is 0 Å². The van der Waals surface area contributed by atoms with Crippen molar-refractivity contribution >= 4 is 40.6 Å². The van der Waals surface area contributed by atoms with Crippen LogP contribution in [0.4, 0.5) is 0 Å². The monoisotopic (exact) mass is 364 g/mol. The fourth-order valence-electron chi connectivity index (χ4n) is 2.11. The first-order chi connectivity index (χ1) is 12.0. The standard InChI is InChI=1S/C16H20N4O4S/c1-3-8-20-13-7-5-4-6-12(13)17-16(20)25-10-15(23)24-9-14(22)19-18-11(2)21/h4-7H,3,8-10H2,1-2H3,(H,18,21)(H,19,22). The number of carbonyl (C=O) groups is 3. The number of ether oxygens (including phenoxy) is 1. The molecule has 1 heterocycles. The molecule has 1 aromatic heterocycles. The minimum absolute atomic E-state index is 0.0421. The van der Waals surface area contributed by atoms with Crippen LogP contribution >= 0.6 is 11.8 Å². The van der Waals surface area contributed by atoms with Crippen molar-refractivity contribution < 1.29 is 19.1 Å². The van der Waals surface area contributed by atoms with Gasteiger partial charge in [-0.1, -0.05) is 30.8 Å². The Morgan fingerprint density at radius 3 is 2.72 bits per heavy atom. The second-order valence-corrected chi connectivity index (χ2v) is 6.16. The van der Waals surface area contributed by atoms with Gasteiger partial charge in [0.25, 0.3) is 5.91 Å². The maximum atomic E-state index is 11.8. The van der Waals surface area contributed by atoms with Crippen LogP contribution in [-0.2, 0) is 25.7 Å². The van der Waals surface area contributed by atoms with Crippen molar-refractivity contribution in [1.82, 2.24) is 20.4 Å². The number of aryl methyl sites for hydroxylation is 1. The van der Waals surface area contributed by atoms with Crippen molar-refractivity contribution in [3.63, 3.8) is 0 Å². The molecule has 2 N–H and O–H groups in total. The van der Waals surface area contributed by atoms with Crippen LogP contribution in [0.5, 0.6) is 0 Å². The zero-order chi connectivity index (χ0) is 18.2. The average molecular weight is 364 g/mol. The van der Waals surface area contributed by atoms with Gasteiger partial charge in [0, 0.05) is 13.5 Å². The summed E-state index contributed by atoms with van der Waals surface area (Å²) in [6.45, 7) is 3.68. The third-order valence-corrected chi connectivity index (χ3v) is 4.08. The fraction of sp³-hybridized carbons (Fsp3) is 0.375. The third kappa shape index (κ3) is 5.49. The van der Waals surface area contributed by atoms with Gasteiger partial charge in [-0.3, -0.25) is 25.2 Å². The van der Waals surface area contributed by atoms with Crippen molar-refractivity contribution in [2.24, 2.45) is 0 Å². The molecule has 25 heavy (non-hydrogen) atoms. The van der Waals surface area contributed by atoms with Crippen LogP contribution in [0.1, 0.15) is 20.3 Å². The van der Waals surface area contributed by atoms with E-state index in [2.05, 4.69) is 27.3 Å². The number of nitrogens with one attached hydrogen (secondary N) is 2. The lowest BCUT2D eigenvalue weighted by molar-refractivity contribution is -0.146. The maximum Gasteiger partial charge on any atom is 0.316 e. The summed E-state index contributed by atoms with van der Waals surface area (Å²) >= 11 is 1.27. The van der Waals surface area contributed by atoms with Crippen molar-refractivity contribution in [1.29, 1.82) is 0 Å². The molecule has 0 radical (unpaired) electrons. The molecule has 2 rings (SSSR count). The highest BCUT2D eigenvalue weighted by atomic mass is 32.2. The predicted octanol–water partition coefficient (Wildman–Crippen LogP) is 1.25. The lowest BCUT2D eigenvalue weighted by Crippen LogP contribution is -2.42. The first kappa shape index (κ1) is 18.8. The van der Waals surface area contributed by atoms with Crippen LogP contribution in [0.15, 0.2) is 29.4 Å². The normalized spacial score (nSPS) is 10.5. The minimum Gasteiger partial charge on any atom is -0.455 e. The smallest absolute Gasteiger partial charge is 0.316 e. The number of benzene rings is 1. The van der Waals surface area contributed by atoms with Crippen LogP contribution in [0, 0.1) is 0 Å². The molecule has 0 spiro atoms. The third-order valence-electron chi connectivity index (χ3n) is 3.13. The van der Waals surface area contributed by atoms with Gasteiger partial charge in [-0.05, 0) is 18.6 Å². The van der Waals surface area contributed by atoms with Crippen molar-refractivity contribution in [3.05, 3.63) is 24.3 Å². The molecule has 0 aliphatic heterocycles. The second kappa shape index (κ2) is 9.07. The highest BCUT2D eigenvalue weighted by molar-refractivity contribution is 7.99. The van der Waals surface area contributed by atoms with Gasteiger partial charge in [-0.25, -0.2) is 4.98 Å². The van der Waals surface area contributed by atoms with Gasteiger partial charge >= 0.3 is 5.97 Å². The van der Waals surface area contributed by atoms with E-state index in [4.69, 9.17) is 4.74 Å². The number of hydrogen-bond acceptors (Lipinski definition) is 6. The summed E-state index contributed by atoms with van der Waals surface area (Å²) in [5.74, 6) is -1.50. The molecule has 0 aliphatic carbocycles. The van der Waals surface area contributed by atoms with E-state index in [1.54, 1.807) is 0 Å². The molecule has 0 unspecified atom stereocenters. The minimum atomic E-state index is -0.605. The number of nitrogens with zero attached hydrogens (tertiary/aromatic N) is 2. The van der Waals surface area contributed by atoms with Gasteiger partial charge in [0.05, 0.1) is 16.8 Å². The van der Waals surface area contributed by atoms with Gasteiger partial charge < -0.3 is 9.30 Å². The molecule has 0 saturated heterocycles. The number of rotatable bonds is 7. The number of amides is 2. The van der Waals surface area contributed by atoms with Crippen LogP contribution in [0.25, 0.3) is 11.0 Å². The van der Waals surface area contributed by atoms with E-state index in [1.165, 1.54) is 18.7 Å². The molecule has 1 aromatic carbocycles. The number of imidazole rings is 1. The van der Waals surface area contributed by atoms with E-state index in [0.717, 1.165) is 29.2 Å². The van der Waals surface area contributed by atoms with E-state index in [9.17, 15) is 14.4 Å². The topological polar surface area (TPSA) is 102 Å². The lowest BCUT2D eigenvalue weighted by Gasteiger charge is -2.08. The summed E-state index contributed by atoms with van der Waals surface area (Å²) < 4.78 is 6.94. The second-order valence-electron chi connectivity index (χ2n) is 5.21. The Kier molecular flexibility index (Phi) is 6.81. The zero-order valence-corrected chi connectivity index (χ0v) is 14.9. The Labute approximate surface area is 149 Å². The summed E-state index contributed by atoms with van der Waals surface area (Å²) in [4.78, 5) is 38.3. The van der Waals surface area contributed by atoms with Gasteiger partial charge in [0.2, 0.25) is 5.91 Å². The van der Waals surface area contributed by atoms with Crippen LogP contribution < -0.4 is 10.9 Å². The summed E-state index contributed by atoms with van der Waals surface area (Å²) in [6.07, 6.45) is 0.946. The quantitative estimate of drug-likeness (QED) is 0.435. The van der Waals surface area contributed by atoms with E-state index < -0.39 is 24.4 Å². The largest absolute Gasteiger partial charge is 0.455 e. The number of esters is 1. The molecule has 2 aromatic rings. The van der Waals surface area contributed by atoms with Crippen molar-refractivity contribution in [3.8, 4) is 0 Å². The number of para-hydroxylation sites is 2. The summed E-state index contributed by atoms with van der Waals surface area (Å²) in [6, 6.07) is 7.79. The number of aromatic nitrogens is 2. The average Bonchev–Trinajstić information content (AvgIpc) is 2.94. The molecule has 0 aliphatic rings. The zero-order valence-electron chi connectivity index (χ0n) is 14.1. The van der Waals surface area contributed by atoms with Gasteiger partial charge in [0.15, 0.2) is 11.8 Å². The SMILES string of the molecule is CCCn1c(SCC(=O)OCC(=O)NNC(C)=O)nc2ccccc21. The highest BCUT2D eigenvalue weighted by Crippen LogP contribution is 2.24. The molecule has 0 atom stereocenters. The molecular weight excluding hydrogens is 344 g/mol. The molecule has 0 bridgehead atoms. The molecule has 2 amide bonds. The number of hydrazine groups is 1. The van der Waals surface area contributed by atoms with E-state index >= 15 is 0 Å². The fourth-order valence-corrected chi connectivity index (χ4v) is 2.95. The van der Waals surface area contributed by atoms with E-state index in [0.29, 0.717) is 0 Å². The van der Waals surface area contributed by atoms with Gasteiger partial charge in [-0.15, -0.1) is 0 Å². The molecule has 0 saturated carbocycles. The van der Waals surface area contributed by atoms with Crippen LogP contribution in [-0.4, -0.2) is 39.7 Å². The summed E-state index contributed by atoms with van der Waals surface area (Å²) in [5.41, 5.74) is 6.13. The Bertz CT molecular complexity index is 775. The number of thioether (sulfide) groups is 1. The first-order valence-corrected chi connectivity index (χ1v) is 8.79. The Morgan fingerprint density at radius 2 is 2.00 bits per heavy atom. The molecule has 8 nitrogen and oxygen atoms in total. The van der Waals surface area contributed by atoms with Gasteiger partial charge in [0.1, 0.15) is 0 Å². The Balaban J connectivity index is 1.89. The molecular formula is C16H20N4O4S. The van der Waals surface area contributed by atoms with Crippen molar-refractivity contribution in [2.75, 3.05) is 12.4 Å². The molecule has 0 fully saturated rings. The number of hydrogen-bond donors (Lipinski definition) is 2. The summed E-state index contributed by atoms with van der Waals surface area (Å²) in [5, 5.41) is 0.739. The number of fused-ring (bicyclic) bond motifs is 1. The highest BCUT2D eigenvalue weighted by Gasteiger charge is 2.14. The van der Waals surface area contributed by atoms with Crippen molar-refractivity contribution in [2.45, 2.75) is 32.0 Å². The van der Waals surface area contributed by atoms with E-state index in [-0.39, 0.29) is 5.75 Å². The Hall–Kier alpha value is -2.55. The number of carbonyl (C=O) groups excluding carboxylic acids is 3. The maximum absolute atomic E-state index is 11.8. The molecule has 134 valence electrons. The lowest BCUT2D eigenvalue weighted by atomic mass is 10.3. The molecule has 9 heteroatoms. The van der Waals surface area contributed by atoms with Crippen LogP contribution in [0.3, 0.4) is 0 Å². The van der Waals surface area contributed by atoms with Crippen LogP contribution in [0.2, 0.25) is 0 Å².